The summed E-state index contributed by atoms with van der Waals surface area (Å²) in [7, 11) is 0. The van der Waals surface area contributed by atoms with E-state index in [2.05, 4.69) is 44.0 Å². The van der Waals surface area contributed by atoms with Crippen LogP contribution in [0.3, 0.4) is 0 Å². The fourth-order valence-electron chi connectivity index (χ4n) is 3.09. The Morgan fingerprint density at radius 3 is 2.33 bits per heavy atom. The zero-order valence-corrected chi connectivity index (χ0v) is 14.6. The lowest BCUT2D eigenvalue weighted by Crippen LogP contribution is -2.03. The summed E-state index contributed by atoms with van der Waals surface area (Å²) in [6.45, 7) is 7.93. The Hall–Kier alpha value is -2.68. The van der Waals surface area contributed by atoms with E-state index in [9.17, 15) is 4.79 Å². The van der Waals surface area contributed by atoms with Crippen LogP contribution in [0.2, 0.25) is 0 Å². The van der Waals surface area contributed by atoms with Crippen molar-refractivity contribution in [3.63, 3.8) is 0 Å². The second kappa shape index (κ2) is 6.44. The van der Waals surface area contributed by atoms with Gasteiger partial charge in [0.15, 0.2) is 5.78 Å². The summed E-state index contributed by atoms with van der Waals surface area (Å²) in [6, 6.07) is 10.5. The van der Waals surface area contributed by atoms with Crippen LogP contribution in [0.5, 0.6) is 0 Å². The Labute approximate surface area is 143 Å². The quantitative estimate of drug-likeness (QED) is 0.659. The van der Waals surface area contributed by atoms with Gasteiger partial charge in [0.05, 0.1) is 6.33 Å². The maximum atomic E-state index is 11.6. The van der Waals surface area contributed by atoms with Gasteiger partial charge in [0.1, 0.15) is 0 Å². The van der Waals surface area contributed by atoms with Gasteiger partial charge in [0, 0.05) is 23.6 Å². The van der Waals surface area contributed by atoms with Crippen molar-refractivity contribution in [2.24, 2.45) is 0 Å². The molecule has 3 heteroatoms. The zero-order valence-electron chi connectivity index (χ0n) is 14.6. The highest BCUT2D eigenvalue weighted by atomic mass is 16.1. The van der Waals surface area contributed by atoms with Gasteiger partial charge in [-0.1, -0.05) is 6.07 Å². The fraction of sp³-hybridized carbons (Fsp3) is 0.238. The Morgan fingerprint density at radius 1 is 1.04 bits per heavy atom. The number of Topliss-reactive ketones (excluding diaryl/α,β-unsaturated/α-hetero) is 1. The van der Waals surface area contributed by atoms with Crippen molar-refractivity contribution in [2.75, 3.05) is 0 Å². The zero-order chi connectivity index (χ0) is 17.3. The van der Waals surface area contributed by atoms with Crippen molar-refractivity contribution >= 4 is 5.78 Å². The highest BCUT2D eigenvalue weighted by Crippen LogP contribution is 2.24. The van der Waals surface area contributed by atoms with Gasteiger partial charge in [-0.05, 0) is 86.2 Å². The number of hydrogen-bond donors (Lipinski definition) is 0. The van der Waals surface area contributed by atoms with E-state index in [-0.39, 0.29) is 5.78 Å². The minimum atomic E-state index is 0.117. The van der Waals surface area contributed by atoms with Gasteiger partial charge < -0.3 is 4.57 Å². The number of carbonyl (C=O) groups is 1. The first-order chi connectivity index (χ1) is 11.5. The van der Waals surface area contributed by atoms with Crippen LogP contribution in [0.1, 0.15) is 45.1 Å². The second-order valence-corrected chi connectivity index (χ2v) is 6.40. The molecule has 0 atom stereocenters. The number of ketones is 1. The molecule has 0 saturated carbocycles. The third-order valence-electron chi connectivity index (χ3n) is 4.61. The second-order valence-electron chi connectivity index (χ2n) is 6.40. The standard InChI is InChI=1S/C21H22N2O/c1-14-5-6-20(23-8-7-22-13-23)11-18(14)12-21-15(2)9-19(17(4)24)10-16(21)3/h5-11,13H,12H2,1-4H3. The maximum absolute atomic E-state index is 11.6. The molecule has 0 spiro atoms. The highest BCUT2D eigenvalue weighted by molar-refractivity contribution is 5.94. The molecule has 0 aliphatic rings. The molecular formula is C21H22N2O. The fourth-order valence-corrected chi connectivity index (χ4v) is 3.09. The first kappa shape index (κ1) is 16.2. The Bertz CT molecular complexity index is 869. The molecule has 1 heterocycles. The van der Waals surface area contributed by atoms with Gasteiger partial charge in [-0.3, -0.25) is 4.79 Å². The van der Waals surface area contributed by atoms with Crippen molar-refractivity contribution in [1.29, 1.82) is 0 Å². The van der Waals surface area contributed by atoms with E-state index in [0.717, 1.165) is 17.7 Å². The summed E-state index contributed by atoms with van der Waals surface area (Å²) in [6.07, 6.45) is 6.41. The molecule has 0 saturated heterocycles. The largest absolute Gasteiger partial charge is 0.306 e. The SMILES string of the molecule is CC(=O)c1cc(C)c(Cc2cc(-n3ccnc3)ccc2C)c(C)c1. The van der Waals surface area contributed by atoms with Crippen molar-refractivity contribution in [2.45, 2.75) is 34.1 Å². The summed E-state index contributed by atoms with van der Waals surface area (Å²) in [5.41, 5.74) is 8.11. The molecule has 2 aromatic carbocycles. The van der Waals surface area contributed by atoms with Gasteiger partial charge in [-0.2, -0.15) is 0 Å². The number of hydrogen-bond acceptors (Lipinski definition) is 2. The molecule has 24 heavy (non-hydrogen) atoms. The summed E-state index contributed by atoms with van der Waals surface area (Å²) < 4.78 is 2.02. The van der Waals surface area contributed by atoms with Crippen LogP contribution in [0.15, 0.2) is 49.1 Å². The van der Waals surface area contributed by atoms with E-state index >= 15 is 0 Å². The molecular weight excluding hydrogens is 296 g/mol. The number of benzene rings is 2. The van der Waals surface area contributed by atoms with Crippen molar-refractivity contribution < 1.29 is 4.79 Å². The average molecular weight is 318 g/mol. The number of aromatic nitrogens is 2. The van der Waals surface area contributed by atoms with Gasteiger partial charge >= 0.3 is 0 Å². The predicted octanol–water partition coefficient (Wildman–Crippen LogP) is 4.59. The number of rotatable bonds is 4. The van der Waals surface area contributed by atoms with Crippen molar-refractivity contribution in [3.8, 4) is 5.69 Å². The monoisotopic (exact) mass is 318 g/mol. The van der Waals surface area contributed by atoms with Gasteiger partial charge in [-0.25, -0.2) is 4.98 Å². The molecule has 3 rings (SSSR count). The van der Waals surface area contributed by atoms with Gasteiger partial charge in [-0.15, -0.1) is 0 Å². The average Bonchev–Trinajstić information content (AvgIpc) is 3.06. The van der Waals surface area contributed by atoms with Crippen LogP contribution in [-0.4, -0.2) is 15.3 Å². The highest BCUT2D eigenvalue weighted by Gasteiger charge is 2.11. The van der Waals surface area contributed by atoms with Crippen LogP contribution >= 0.6 is 0 Å². The van der Waals surface area contributed by atoms with Crippen molar-refractivity contribution in [3.05, 3.63) is 82.4 Å². The molecule has 0 aliphatic heterocycles. The number of nitrogens with zero attached hydrogens (tertiary/aromatic N) is 2. The molecule has 3 nitrogen and oxygen atoms in total. The molecule has 0 amide bonds. The third kappa shape index (κ3) is 3.16. The summed E-state index contributed by atoms with van der Waals surface area (Å²) in [5, 5.41) is 0. The van der Waals surface area contributed by atoms with E-state index in [1.165, 1.54) is 27.8 Å². The summed E-state index contributed by atoms with van der Waals surface area (Å²) >= 11 is 0. The van der Waals surface area contributed by atoms with Crippen molar-refractivity contribution in [1.82, 2.24) is 9.55 Å². The van der Waals surface area contributed by atoms with E-state index in [1.54, 1.807) is 13.1 Å². The topological polar surface area (TPSA) is 34.9 Å². The lowest BCUT2D eigenvalue weighted by molar-refractivity contribution is 0.101. The van der Waals surface area contributed by atoms with Gasteiger partial charge in [0.2, 0.25) is 0 Å². The molecule has 1 aromatic heterocycles. The molecule has 0 aliphatic carbocycles. The number of imidazole rings is 1. The van der Waals surface area contributed by atoms with Crippen LogP contribution in [0.4, 0.5) is 0 Å². The van der Waals surface area contributed by atoms with Crippen LogP contribution in [-0.2, 0) is 6.42 Å². The summed E-state index contributed by atoms with van der Waals surface area (Å²) in [5.74, 6) is 0.117. The van der Waals surface area contributed by atoms with E-state index < -0.39 is 0 Å². The third-order valence-corrected chi connectivity index (χ3v) is 4.61. The normalized spacial score (nSPS) is 10.8. The summed E-state index contributed by atoms with van der Waals surface area (Å²) in [4.78, 5) is 15.8. The number of carbonyl (C=O) groups excluding carboxylic acids is 1. The molecule has 0 N–H and O–H groups in total. The predicted molar refractivity (Wildman–Crippen MR) is 97.0 cm³/mol. The molecule has 0 radical (unpaired) electrons. The molecule has 122 valence electrons. The van der Waals surface area contributed by atoms with E-state index in [0.29, 0.717) is 0 Å². The van der Waals surface area contributed by atoms with E-state index in [4.69, 9.17) is 0 Å². The lowest BCUT2D eigenvalue weighted by atomic mass is 9.91. The van der Waals surface area contributed by atoms with E-state index in [1.807, 2.05) is 29.2 Å². The van der Waals surface area contributed by atoms with Crippen LogP contribution in [0.25, 0.3) is 5.69 Å². The smallest absolute Gasteiger partial charge is 0.159 e. The molecule has 0 bridgehead atoms. The maximum Gasteiger partial charge on any atom is 0.159 e. The number of aryl methyl sites for hydroxylation is 3. The first-order valence-electron chi connectivity index (χ1n) is 8.14. The van der Waals surface area contributed by atoms with Crippen LogP contribution in [0, 0.1) is 20.8 Å². The minimum Gasteiger partial charge on any atom is -0.306 e. The lowest BCUT2D eigenvalue weighted by Gasteiger charge is -2.15. The molecule has 3 aromatic rings. The Morgan fingerprint density at radius 2 is 1.75 bits per heavy atom. The Kier molecular flexibility index (Phi) is 4.34. The first-order valence-corrected chi connectivity index (χ1v) is 8.14. The molecule has 0 fully saturated rings. The Balaban J connectivity index is 2.00. The van der Waals surface area contributed by atoms with Gasteiger partial charge in [0.25, 0.3) is 0 Å². The minimum absolute atomic E-state index is 0.117. The molecule has 0 unspecified atom stereocenters. The van der Waals surface area contributed by atoms with Crippen LogP contribution < -0.4 is 0 Å².